The van der Waals surface area contributed by atoms with E-state index in [1.165, 1.54) is 0 Å². The first-order valence-corrected chi connectivity index (χ1v) is 10.8. The fourth-order valence-electron chi connectivity index (χ4n) is 2.59. The monoisotopic (exact) mass is 465 g/mol. The molecule has 0 aliphatic rings. The summed E-state index contributed by atoms with van der Waals surface area (Å²) in [5.74, 6) is -0.0769. The number of hydrogen-bond donors (Lipinski definition) is 5. The summed E-state index contributed by atoms with van der Waals surface area (Å²) in [6.07, 6.45) is 4.17. The van der Waals surface area contributed by atoms with Crippen LogP contribution >= 0.6 is 0 Å². The first-order chi connectivity index (χ1) is 15.6. The molecular weight excluding hydrogens is 422 g/mol. The Morgan fingerprint density at radius 1 is 0.938 bits per heavy atom. The van der Waals surface area contributed by atoms with E-state index in [2.05, 4.69) is 28.5 Å². The number of carbonyl (C=O) groups is 2. The van der Waals surface area contributed by atoms with Gasteiger partial charge in [0.15, 0.2) is 0 Å². The minimum absolute atomic E-state index is 0.0769. The molecule has 5 N–H and O–H groups in total. The van der Waals surface area contributed by atoms with E-state index in [9.17, 15) is 9.59 Å². The van der Waals surface area contributed by atoms with Crippen LogP contribution in [0.5, 0.6) is 0 Å². The van der Waals surface area contributed by atoms with Gasteiger partial charge in [-0.25, -0.2) is 9.78 Å². The second-order valence-electron chi connectivity index (χ2n) is 6.61. The van der Waals surface area contributed by atoms with Crippen molar-refractivity contribution in [1.29, 1.82) is 10.8 Å². The van der Waals surface area contributed by atoms with Gasteiger partial charge in [0.1, 0.15) is 6.29 Å². The van der Waals surface area contributed by atoms with Gasteiger partial charge in [-0.2, -0.15) is 0 Å². The van der Waals surface area contributed by atoms with Gasteiger partial charge in [0, 0.05) is 45.4 Å². The van der Waals surface area contributed by atoms with Crippen molar-refractivity contribution in [3.05, 3.63) is 0 Å². The quantitative estimate of drug-likeness (QED) is 0.0600. The van der Waals surface area contributed by atoms with Crippen molar-refractivity contribution in [2.75, 3.05) is 26.4 Å². The third-order valence-electron chi connectivity index (χ3n) is 4.34. The minimum Gasteiger partial charge on any atom is -0.380 e. The maximum Gasteiger partial charge on any atom is 0.220 e. The summed E-state index contributed by atoms with van der Waals surface area (Å²) in [6, 6.07) is 0. The third-order valence-corrected chi connectivity index (χ3v) is 4.34. The Balaban J connectivity index is -0.00000198. The van der Waals surface area contributed by atoms with Gasteiger partial charge in [-0.05, 0) is 39.1 Å². The molecule has 190 valence electrons. The van der Waals surface area contributed by atoms with Gasteiger partial charge in [0.05, 0.1) is 24.9 Å². The number of hydrogen-bond acceptors (Lipinski definition) is 10. The van der Waals surface area contributed by atoms with Gasteiger partial charge in [-0.1, -0.05) is 13.8 Å². The standard InChI is InChI=1S/C19H37NO8.2CH3N/c1-3-16(27-23)14-18(15-17(4-2)28-24)26-12-7-8-19(22)20-9-13-25-11-6-5-10-21;2*1-2/h10,16-18,23-24H,3-9,11-15H2,1-2H3,(H,20,22);2*2H,1H2. The van der Waals surface area contributed by atoms with Crippen molar-refractivity contribution in [3.63, 3.8) is 0 Å². The highest BCUT2D eigenvalue weighted by atomic mass is 17.1. The Bertz CT molecular complexity index is 395. The van der Waals surface area contributed by atoms with Crippen molar-refractivity contribution in [3.8, 4) is 0 Å². The van der Waals surface area contributed by atoms with Gasteiger partial charge >= 0.3 is 0 Å². The van der Waals surface area contributed by atoms with E-state index < -0.39 is 0 Å². The highest BCUT2D eigenvalue weighted by Gasteiger charge is 2.21. The number of amides is 1. The number of carbonyl (C=O) groups excluding carboxylic acids is 2. The molecule has 11 heteroatoms. The highest BCUT2D eigenvalue weighted by Crippen LogP contribution is 2.17. The smallest absolute Gasteiger partial charge is 0.220 e. The number of aldehydes is 1. The van der Waals surface area contributed by atoms with Crippen LogP contribution in [0.4, 0.5) is 0 Å². The van der Waals surface area contributed by atoms with E-state index in [4.69, 9.17) is 30.8 Å². The van der Waals surface area contributed by atoms with Crippen LogP contribution in [0.2, 0.25) is 0 Å². The van der Waals surface area contributed by atoms with Crippen LogP contribution in [0.1, 0.15) is 65.2 Å². The molecule has 2 atom stereocenters. The Hall–Kier alpha value is -1.76. The Morgan fingerprint density at radius 2 is 1.50 bits per heavy atom. The average molecular weight is 466 g/mol. The van der Waals surface area contributed by atoms with E-state index >= 15 is 0 Å². The maximum absolute atomic E-state index is 11.8. The number of nitrogens with one attached hydrogen (secondary N) is 3. The van der Waals surface area contributed by atoms with Gasteiger partial charge in [-0.15, -0.1) is 0 Å². The zero-order chi connectivity index (χ0) is 25.0. The van der Waals surface area contributed by atoms with Crippen LogP contribution in [0, 0.1) is 10.8 Å². The molecule has 0 aromatic heterocycles. The number of unbranched alkanes of at least 4 members (excludes halogenated alkanes) is 1. The molecule has 11 nitrogen and oxygen atoms in total. The lowest BCUT2D eigenvalue weighted by molar-refractivity contribution is -0.294. The topological polar surface area (TPSA) is 171 Å². The van der Waals surface area contributed by atoms with Crippen molar-refractivity contribution >= 4 is 25.6 Å². The molecule has 0 heterocycles. The zero-order valence-electron chi connectivity index (χ0n) is 19.6. The van der Waals surface area contributed by atoms with Crippen molar-refractivity contribution < 1.29 is 39.4 Å². The van der Waals surface area contributed by atoms with Crippen LogP contribution in [0.3, 0.4) is 0 Å². The lowest BCUT2D eigenvalue weighted by Gasteiger charge is -2.24. The predicted octanol–water partition coefficient (Wildman–Crippen LogP) is 3.11. The second-order valence-corrected chi connectivity index (χ2v) is 6.61. The van der Waals surface area contributed by atoms with Crippen LogP contribution in [0.15, 0.2) is 0 Å². The van der Waals surface area contributed by atoms with Gasteiger partial charge in [0.2, 0.25) is 5.91 Å². The van der Waals surface area contributed by atoms with Gasteiger partial charge < -0.3 is 30.4 Å². The Morgan fingerprint density at radius 3 is 1.97 bits per heavy atom. The zero-order valence-corrected chi connectivity index (χ0v) is 19.6. The molecule has 32 heavy (non-hydrogen) atoms. The molecule has 0 rings (SSSR count). The fraction of sp³-hybridized carbons (Fsp3) is 0.810. The maximum atomic E-state index is 11.8. The molecule has 0 fully saturated rings. The predicted molar refractivity (Wildman–Crippen MR) is 123 cm³/mol. The molecule has 0 aliphatic heterocycles. The SMILES string of the molecule is C=N.C=N.CCC(CC(CC(CC)OO)OCCCC(=O)NCCOCCCC=O)OO. The molecule has 0 saturated heterocycles. The Labute approximate surface area is 191 Å². The van der Waals surface area contributed by atoms with E-state index in [1.54, 1.807) is 0 Å². The molecule has 1 amide bonds. The summed E-state index contributed by atoms with van der Waals surface area (Å²) in [6.45, 7) is 10.5. The largest absolute Gasteiger partial charge is 0.380 e. The number of ether oxygens (including phenoxy) is 2. The van der Waals surface area contributed by atoms with E-state index in [-0.39, 0.29) is 24.2 Å². The lowest BCUT2D eigenvalue weighted by Crippen LogP contribution is -2.29. The first-order valence-electron chi connectivity index (χ1n) is 10.8. The summed E-state index contributed by atoms with van der Waals surface area (Å²) in [5, 5.41) is 31.6. The van der Waals surface area contributed by atoms with Crippen LogP contribution in [0.25, 0.3) is 0 Å². The van der Waals surface area contributed by atoms with Gasteiger partial charge in [-0.3, -0.25) is 15.3 Å². The lowest BCUT2D eigenvalue weighted by atomic mass is 10.0. The molecule has 0 aromatic carbocycles. The highest BCUT2D eigenvalue weighted by molar-refractivity contribution is 5.75. The van der Waals surface area contributed by atoms with E-state index in [0.29, 0.717) is 77.7 Å². The van der Waals surface area contributed by atoms with Crippen LogP contribution in [-0.2, 0) is 28.8 Å². The number of rotatable bonds is 20. The molecule has 2 unspecified atom stereocenters. The average Bonchev–Trinajstić information content (AvgIpc) is 2.84. The summed E-state index contributed by atoms with van der Waals surface area (Å²) < 4.78 is 11.1. The van der Waals surface area contributed by atoms with Crippen LogP contribution < -0.4 is 5.32 Å². The molecule has 0 bridgehead atoms. The normalized spacial score (nSPS) is 12.9. The molecular formula is C21H43N3O8. The van der Waals surface area contributed by atoms with Gasteiger partial charge in [0.25, 0.3) is 0 Å². The molecule has 0 spiro atoms. The third kappa shape index (κ3) is 22.9. The van der Waals surface area contributed by atoms with Crippen molar-refractivity contribution in [1.82, 2.24) is 5.32 Å². The molecule has 0 aromatic rings. The summed E-state index contributed by atoms with van der Waals surface area (Å²) in [4.78, 5) is 30.8. The molecule has 0 aliphatic carbocycles. The fourth-order valence-corrected chi connectivity index (χ4v) is 2.59. The van der Waals surface area contributed by atoms with Crippen molar-refractivity contribution in [2.24, 2.45) is 0 Å². The van der Waals surface area contributed by atoms with E-state index in [0.717, 1.165) is 6.29 Å². The minimum atomic E-state index is -0.351. The van der Waals surface area contributed by atoms with Crippen LogP contribution in [-0.4, -0.2) is 80.8 Å². The summed E-state index contributed by atoms with van der Waals surface area (Å²) in [7, 11) is 0. The summed E-state index contributed by atoms with van der Waals surface area (Å²) in [5.41, 5.74) is 0. The second kappa shape index (κ2) is 29.2. The van der Waals surface area contributed by atoms with Crippen molar-refractivity contribution in [2.45, 2.75) is 83.5 Å². The first kappa shape index (κ1) is 34.8. The molecule has 0 saturated carbocycles. The van der Waals surface area contributed by atoms with E-state index in [1.807, 2.05) is 13.8 Å². The Kier molecular flexibility index (Phi) is 31.8. The summed E-state index contributed by atoms with van der Waals surface area (Å²) >= 11 is 0. The molecule has 0 radical (unpaired) electrons.